The first kappa shape index (κ1) is 21.2. The summed E-state index contributed by atoms with van der Waals surface area (Å²) in [5, 5.41) is 15.1. The lowest BCUT2D eigenvalue weighted by Crippen LogP contribution is -2.41. The Morgan fingerprint density at radius 1 is 1.12 bits per heavy atom. The average Bonchev–Trinajstić information content (AvgIpc) is 3.11. The molecule has 1 saturated heterocycles. The first-order valence-electron chi connectivity index (χ1n) is 10.3. The molecule has 1 aromatic heterocycles. The molecule has 9 nitrogen and oxygen atoms in total. The summed E-state index contributed by atoms with van der Waals surface area (Å²) in [4.78, 5) is 33.2. The average molecular weight is 435 g/mol. The summed E-state index contributed by atoms with van der Waals surface area (Å²) in [6.07, 6.45) is 2.43. The van der Waals surface area contributed by atoms with Gasteiger partial charge in [-0.1, -0.05) is 0 Å². The van der Waals surface area contributed by atoms with Crippen molar-refractivity contribution in [2.75, 3.05) is 36.1 Å². The van der Waals surface area contributed by atoms with E-state index in [-0.39, 0.29) is 18.0 Å². The summed E-state index contributed by atoms with van der Waals surface area (Å²) in [6.45, 7) is 2.12. The fraction of sp³-hybridized carbons (Fsp3) is 0.318. The maximum atomic E-state index is 13.3. The molecule has 2 aliphatic heterocycles. The van der Waals surface area contributed by atoms with Crippen molar-refractivity contribution in [3.05, 3.63) is 54.0 Å². The van der Waals surface area contributed by atoms with Gasteiger partial charge in [0.25, 0.3) is 5.91 Å². The summed E-state index contributed by atoms with van der Waals surface area (Å²) >= 11 is 0. The highest BCUT2D eigenvalue weighted by Crippen LogP contribution is 2.26. The van der Waals surface area contributed by atoms with Crippen LogP contribution in [-0.2, 0) is 9.59 Å². The molecule has 1 atom stereocenters. The van der Waals surface area contributed by atoms with Crippen molar-refractivity contribution in [2.24, 2.45) is 10.8 Å². The number of hydrogen-bond acceptors (Lipinski definition) is 7. The molecule has 10 heteroatoms. The van der Waals surface area contributed by atoms with Crippen molar-refractivity contribution < 1.29 is 14.0 Å². The van der Waals surface area contributed by atoms with Gasteiger partial charge in [0.15, 0.2) is 0 Å². The van der Waals surface area contributed by atoms with Crippen LogP contribution in [0.5, 0.6) is 0 Å². The molecule has 4 rings (SSSR count). The molecule has 164 valence electrons. The van der Waals surface area contributed by atoms with E-state index in [9.17, 15) is 19.2 Å². The first-order chi connectivity index (χ1) is 15.5. The molecule has 2 N–H and O–H groups in total. The number of anilines is 2. The molecule has 0 radical (unpaired) electrons. The molecule has 1 aromatic carbocycles. The summed E-state index contributed by atoms with van der Waals surface area (Å²) in [5.41, 5.74) is 6.75. The molecule has 1 fully saturated rings. The summed E-state index contributed by atoms with van der Waals surface area (Å²) < 4.78 is 13.3. The lowest BCUT2D eigenvalue weighted by molar-refractivity contribution is -0.124. The maximum absolute atomic E-state index is 13.3. The number of halogens is 1. The van der Waals surface area contributed by atoms with E-state index in [1.165, 1.54) is 29.3 Å². The lowest BCUT2D eigenvalue weighted by Gasteiger charge is -2.23. The van der Waals surface area contributed by atoms with Crippen LogP contribution in [0.25, 0.3) is 0 Å². The van der Waals surface area contributed by atoms with E-state index < -0.39 is 17.8 Å². The van der Waals surface area contributed by atoms with Crippen LogP contribution in [-0.4, -0.2) is 59.6 Å². The van der Waals surface area contributed by atoms with E-state index in [0.29, 0.717) is 49.7 Å². The Morgan fingerprint density at radius 3 is 2.62 bits per heavy atom. The van der Waals surface area contributed by atoms with E-state index in [2.05, 4.69) is 16.2 Å². The number of pyridine rings is 1. The zero-order valence-electron chi connectivity index (χ0n) is 17.3. The second-order valence-electron chi connectivity index (χ2n) is 7.61. The van der Waals surface area contributed by atoms with Crippen LogP contribution in [0.2, 0.25) is 0 Å². The Morgan fingerprint density at radius 2 is 1.91 bits per heavy atom. The smallest absolute Gasteiger partial charge is 0.270 e. The van der Waals surface area contributed by atoms with Gasteiger partial charge in [0.1, 0.15) is 29.5 Å². The van der Waals surface area contributed by atoms with Gasteiger partial charge in [0, 0.05) is 38.8 Å². The van der Waals surface area contributed by atoms with Crippen molar-refractivity contribution in [3.8, 4) is 6.07 Å². The predicted molar refractivity (Wildman–Crippen MR) is 116 cm³/mol. The van der Waals surface area contributed by atoms with Crippen LogP contribution in [0.3, 0.4) is 0 Å². The van der Waals surface area contributed by atoms with Gasteiger partial charge < -0.3 is 15.5 Å². The number of hydrazone groups is 1. The Bertz CT molecular complexity index is 1100. The maximum Gasteiger partial charge on any atom is 0.270 e. The Kier molecular flexibility index (Phi) is 5.98. The molecular weight excluding hydrogens is 413 g/mol. The van der Waals surface area contributed by atoms with E-state index >= 15 is 0 Å². The van der Waals surface area contributed by atoms with Crippen LogP contribution in [0.1, 0.15) is 18.4 Å². The third-order valence-corrected chi connectivity index (χ3v) is 5.57. The van der Waals surface area contributed by atoms with Gasteiger partial charge in [-0.3, -0.25) is 14.6 Å². The van der Waals surface area contributed by atoms with E-state index in [1.54, 1.807) is 23.2 Å². The van der Waals surface area contributed by atoms with Gasteiger partial charge in [-0.25, -0.2) is 9.37 Å². The number of aromatic nitrogens is 1. The second-order valence-corrected chi connectivity index (χ2v) is 7.61. The van der Waals surface area contributed by atoms with Crippen molar-refractivity contribution in [1.29, 1.82) is 5.26 Å². The van der Waals surface area contributed by atoms with Gasteiger partial charge in [-0.15, -0.1) is 0 Å². The SMILES string of the molecule is N#Cc1cccnc1N1CCCN(C(=O)C2=NN(c3ccc(F)cc3)C(C(N)=O)C2)CC1. The van der Waals surface area contributed by atoms with E-state index in [1.807, 2.05) is 4.90 Å². The fourth-order valence-corrected chi connectivity index (χ4v) is 3.94. The summed E-state index contributed by atoms with van der Waals surface area (Å²) in [6, 6.07) is 10.3. The van der Waals surface area contributed by atoms with Crippen molar-refractivity contribution in [1.82, 2.24) is 9.88 Å². The minimum Gasteiger partial charge on any atom is -0.368 e. The van der Waals surface area contributed by atoms with Crippen LogP contribution in [0.4, 0.5) is 15.9 Å². The zero-order valence-corrected chi connectivity index (χ0v) is 17.3. The van der Waals surface area contributed by atoms with Gasteiger partial charge in [-0.2, -0.15) is 10.4 Å². The number of nitrogens with two attached hydrogens (primary N) is 1. The highest BCUT2D eigenvalue weighted by atomic mass is 19.1. The number of carbonyl (C=O) groups is 2. The minimum atomic E-state index is -0.811. The molecule has 0 bridgehead atoms. The topological polar surface area (TPSA) is 119 Å². The van der Waals surface area contributed by atoms with Gasteiger partial charge in [0.2, 0.25) is 5.91 Å². The highest BCUT2D eigenvalue weighted by Gasteiger charge is 2.37. The second kappa shape index (κ2) is 9.01. The van der Waals surface area contributed by atoms with Gasteiger partial charge >= 0.3 is 0 Å². The number of hydrogen-bond donors (Lipinski definition) is 1. The molecule has 2 amide bonds. The number of amides is 2. The van der Waals surface area contributed by atoms with E-state index in [0.717, 1.165) is 0 Å². The molecular formula is C22H22FN7O2. The zero-order chi connectivity index (χ0) is 22.7. The molecule has 1 unspecified atom stereocenters. The van der Waals surface area contributed by atoms with Crippen LogP contribution in [0.15, 0.2) is 47.7 Å². The first-order valence-corrected chi connectivity index (χ1v) is 10.3. The van der Waals surface area contributed by atoms with Gasteiger partial charge in [-0.05, 0) is 42.8 Å². The third-order valence-electron chi connectivity index (χ3n) is 5.57. The molecule has 3 heterocycles. The number of primary amides is 1. The summed E-state index contributed by atoms with van der Waals surface area (Å²) in [5.74, 6) is -0.671. The molecule has 2 aliphatic rings. The number of rotatable bonds is 4. The number of nitrogens with zero attached hydrogens (tertiary/aromatic N) is 6. The van der Waals surface area contributed by atoms with Crippen molar-refractivity contribution >= 4 is 29.0 Å². The normalized spacial score (nSPS) is 18.7. The number of nitriles is 1. The monoisotopic (exact) mass is 435 g/mol. The van der Waals surface area contributed by atoms with E-state index in [4.69, 9.17) is 5.73 Å². The minimum absolute atomic E-state index is 0.0879. The van der Waals surface area contributed by atoms with Crippen molar-refractivity contribution in [3.63, 3.8) is 0 Å². The predicted octanol–water partition coefficient (Wildman–Crippen LogP) is 1.25. The Hall–Kier alpha value is -4.00. The lowest BCUT2D eigenvalue weighted by atomic mass is 10.1. The fourth-order valence-electron chi connectivity index (χ4n) is 3.94. The highest BCUT2D eigenvalue weighted by molar-refractivity contribution is 6.40. The molecule has 32 heavy (non-hydrogen) atoms. The molecule has 0 spiro atoms. The number of carbonyl (C=O) groups excluding carboxylic acids is 2. The molecule has 0 saturated carbocycles. The largest absolute Gasteiger partial charge is 0.368 e. The van der Waals surface area contributed by atoms with Crippen LogP contribution < -0.4 is 15.6 Å². The molecule has 0 aliphatic carbocycles. The number of benzene rings is 1. The third kappa shape index (κ3) is 4.23. The Labute approximate surface area is 184 Å². The quantitative estimate of drug-likeness (QED) is 0.772. The summed E-state index contributed by atoms with van der Waals surface area (Å²) in [7, 11) is 0. The van der Waals surface area contributed by atoms with Crippen molar-refractivity contribution in [2.45, 2.75) is 18.9 Å². The standard InChI is InChI=1S/C22H22FN7O2/c23-16-4-6-17(7-5-16)30-19(20(25)31)13-18(27-30)22(32)29-10-2-9-28(11-12-29)21-15(14-24)3-1-8-26-21/h1,3-8,19H,2,9-13H2,(H2,25,31). The molecule has 2 aromatic rings. The van der Waals surface area contributed by atoms with Gasteiger partial charge in [0.05, 0.1) is 11.3 Å². The van der Waals surface area contributed by atoms with Crippen LogP contribution >= 0.6 is 0 Å². The Balaban J connectivity index is 1.50. The van der Waals surface area contributed by atoms with Crippen LogP contribution in [0, 0.1) is 17.1 Å².